The maximum atomic E-state index is 11.5. The molecule has 1 amide bonds. The molecule has 2 aliphatic rings. The fourth-order valence-corrected chi connectivity index (χ4v) is 2.03. The summed E-state index contributed by atoms with van der Waals surface area (Å²) in [6.07, 6.45) is 0.314. The quantitative estimate of drug-likeness (QED) is 0.501. The van der Waals surface area contributed by atoms with Crippen molar-refractivity contribution < 1.29 is 9.90 Å². The van der Waals surface area contributed by atoms with Crippen molar-refractivity contribution in [2.45, 2.75) is 18.6 Å². The van der Waals surface area contributed by atoms with Crippen LogP contribution >= 0.6 is 0 Å². The Hall–Kier alpha value is -0.610. The minimum Gasteiger partial charge on any atom is -0.392 e. The van der Waals surface area contributed by atoms with Gasteiger partial charge in [-0.15, -0.1) is 0 Å². The number of fused-ring (bicyclic) bond motifs is 1. The highest BCUT2D eigenvalue weighted by Gasteiger charge is 2.39. The zero-order valence-electron chi connectivity index (χ0n) is 7.23. The lowest BCUT2D eigenvalue weighted by molar-refractivity contribution is -0.138. The highest BCUT2D eigenvalue weighted by molar-refractivity contribution is 5.82. The van der Waals surface area contributed by atoms with Gasteiger partial charge in [-0.25, -0.2) is 0 Å². The van der Waals surface area contributed by atoms with Gasteiger partial charge in [0.25, 0.3) is 0 Å². The van der Waals surface area contributed by atoms with E-state index in [1.165, 1.54) is 0 Å². The van der Waals surface area contributed by atoms with E-state index in [1.807, 2.05) is 7.05 Å². The Morgan fingerprint density at radius 2 is 2.25 bits per heavy atom. The molecule has 0 aromatic carbocycles. The lowest BCUT2D eigenvalue weighted by atomic mass is 10.1. The Kier molecular flexibility index (Phi) is 1.81. The molecule has 2 saturated heterocycles. The van der Waals surface area contributed by atoms with Crippen molar-refractivity contribution in [3.05, 3.63) is 0 Å². The van der Waals surface area contributed by atoms with Crippen LogP contribution in [0.15, 0.2) is 0 Å². The third-order valence-electron chi connectivity index (χ3n) is 2.77. The molecule has 0 saturated carbocycles. The number of hydrogen-bond acceptors (Lipinski definition) is 3. The van der Waals surface area contributed by atoms with Gasteiger partial charge in [-0.1, -0.05) is 0 Å². The fraction of sp³-hybridized carbons (Fsp3) is 0.875. The first-order valence-corrected chi connectivity index (χ1v) is 4.35. The summed E-state index contributed by atoms with van der Waals surface area (Å²) >= 11 is 0. The van der Waals surface area contributed by atoms with Gasteiger partial charge in [0.05, 0.1) is 12.1 Å². The SMILES string of the molecule is CN1CCN2C[C@H](O)C[C@@H]2C1=O. The molecule has 0 aromatic rings. The molecule has 68 valence electrons. The first-order valence-electron chi connectivity index (χ1n) is 4.35. The highest BCUT2D eigenvalue weighted by atomic mass is 16.3. The van der Waals surface area contributed by atoms with Crippen LogP contribution in [0.1, 0.15) is 6.42 Å². The van der Waals surface area contributed by atoms with Crippen LogP contribution in [-0.2, 0) is 4.79 Å². The van der Waals surface area contributed by atoms with E-state index in [0.717, 1.165) is 13.1 Å². The van der Waals surface area contributed by atoms with Crippen molar-refractivity contribution in [3.8, 4) is 0 Å². The predicted octanol–water partition coefficient (Wildman–Crippen LogP) is -1.11. The third-order valence-corrected chi connectivity index (χ3v) is 2.77. The zero-order chi connectivity index (χ0) is 8.72. The molecular formula is C8H14N2O2. The summed E-state index contributed by atoms with van der Waals surface area (Å²) in [7, 11) is 1.82. The van der Waals surface area contributed by atoms with Gasteiger partial charge in [0.15, 0.2) is 0 Å². The van der Waals surface area contributed by atoms with E-state index in [2.05, 4.69) is 4.90 Å². The summed E-state index contributed by atoms with van der Waals surface area (Å²) in [5.74, 6) is 0.165. The van der Waals surface area contributed by atoms with Crippen molar-refractivity contribution in [1.29, 1.82) is 0 Å². The number of rotatable bonds is 0. The smallest absolute Gasteiger partial charge is 0.239 e. The third kappa shape index (κ3) is 1.11. The van der Waals surface area contributed by atoms with Gasteiger partial charge >= 0.3 is 0 Å². The first kappa shape index (κ1) is 8.01. The minimum atomic E-state index is -0.301. The van der Waals surface area contributed by atoms with Crippen LogP contribution < -0.4 is 0 Å². The Morgan fingerprint density at radius 3 is 3.00 bits per heavy atom. The van der Waals surface area contributed by atoms with Crippen LogP contribution in [0.4, 0.5) is 0 Å². The molecule has 12 heavy (non-hydrogen) atoms. The van der Waals surface area contributed by atoms with E-state index < -0.39 is 0 Å². The average Bonchev–Trinajstić information content (AvgIpc) is 2.39. The van der Waals surface area contributed by atoms with Crippen LogP contribution in [0, 0.1) is 0 Å². The van der Waals surface area contributed by atoms with Crippen LogP contribution in [0.2, 0.25) is 0 Å². The molecule has 0 aliphatic carbocycles. The molecule has 2 atom stereocenters. The van der Waals surface area contributed by atoms with Crippen molar-refractivity contribution in [3.63, 3.8) is 0 Å². The lowest BCUT2D eigenvalue weighted by Gasteiger charge is -2.34. The van der Waals surface area contributed by atoms with Crippen molar-refractivity contribution in [1.82, 2.24) is 9.80 Å². The molecule has 2 heterocycles. The Bertz CT molecular complexity index is 207. The molecule has 2 aliphatic heterocycles. The maximum absolute atomic E-state index is 11.5. The molecule has 0 bridgehead atoms. The first-order chi connectivity index (χ1) is 5.68. The molecule has 1 N–H and O–H groups in total. The van der Waals surface area contributed by atoms with Gasteiger partial charge in [0.1, 0.15) is 0 Å². The Balaban J connectivity index is 2.11. The second-order valence-electron chi connectivity index (χ2n) is 3.66. The van der Waals surface area contributed by atoms with Crippen molar-refractivity contribution in [2.24, 2.45) is 0 Å². The monoisotopic (exact) mass is 170 g/mol. The second kappa shape index (κ2) is 2.71. The van der Waals surface area contributed by atoms with Crippen LogP contribution in [0.25, 0.3) is 0 Å². The molecule has 2 rings (SSSR count). The molecule has 2 fully saturated rings. The van der Waals surface area contributed by atoms with Crippen LogP contribution in [0.3, 0.4) is 0 Å². The number of amides is 1. The number of carbonyl (C=O) groups excluding carboxylic acids is 1. The van der Waals surface area contributed by atoms with E-state index in [-0.39, 0.29) is 18.1 Å². The number of nitrogens with zero attached hydrogens (tertiary/aromatic N) is 2. The predicted molar refractivity (Wildman–Crippen MR) is 43.6 cm³/mol. The Labute approximate surface area is 71.8 Å². The van der Waals surface area contributed by atoms with Gasteiger partial charge in [0, 0.05) is 26.7 Å². The summed E-state index contributed by atoms with van der Waals surface area (Å²) in [4.78, 5) is 15.4. The maximum Gasteiger partial charge on any atom is 0.239 e. The largest absolute Gasteiger partial charge is 0.392 e. The van der Waals surface area contributed by atoms with Gasteiger partial charge in [0.2, 0.25) is 5.91 Å². The number of aliphatic hydroxyl groups excluding tert-OH is 1. The van der Waals surface area contributed by atoms with Crippen LogP contribution in [0.5, 0.6) is 0 Å². The van der Waals surface area contributed by atoms with Crippen molar-refractivity contribution >= 4 is 5.91 Å². The molecule has 4 heteroatoms. The molecule has 0 spiro atoms. The summed E-state index contributed by atoms with van der Waals surface area (Å²) in [6, 6.07) is -0.0428. The number of likely N-dealkylation sites (N-methyl/N-ethyl adjacent to an activating group) is 1. The number of carbonyl (C=O) groups is 1. The normalized spacial score (nSPS) is 37.2. The van der Waals surface area contributed by atoms with Gasteiger partial charge in [-0.3, -0.25) is 9.69 Å². The Morgan fingerprint density at radius 1 is 1.50 bits per heavy atom. The lowest BCUT2D eigenvalue weighted by Crippen LogP contribution is -2.52. The summed E-state index contributed by atoms with van der Waals surface area (Å²) in [6.45, 7) is 2.37. The van der Waals surface area contributed by atoms with Crippen molar-refractivity contribution in [2.75, 3.05) is 26.7 Å². The average molecular weight is 170 g/mol. The van der Waals surface area contributed by atoms with E-state index >= 15 is 0 Å². The van der Waals surface area contributed by atoms with Gasteiger partial charge in [-0.2, -0.15) is 0 Å². The van der Waals surface area contributed by atoms with E-state index in [4.69, 9.17) is 0 Å². The van der Waals surface area contributed by atoms with Gasteiger partial charge in [-0.05, 0) is 6.42 Å². The summed E-state index contributed by atoms with van der Waals surface area (Å²) < 4.78 is 0. The standard InChI is InChI=1S/C8H14N2O2/c1-9-2-3-10-5-6(11)4-7(10)8(9)12/h6-7,11H,2-5H2,1H3/t6-,7-/m1/s1. The van der Waals surface area contributed by atoms with E-state index in [0.29, 0.717) is 13.0 Å². The summed E-state index contributed by atoms with van der Waals surface area (Å²) in [5, 5.41) is 9.35. The minimum absolute atomic E-state index is 0.0428. The van der Waals surface area contributed by atoms with Gasteiger partial charge < -0.3 is 10.0 Å². The topological polar surface area (TPSA) is 43.8 Å². The van der Waals surface area contributed by atoms with Crippen LogP contribution in [-0.4, -0.2) is 59.6 Å². The molecular weight excluding hydrogens is 156 g/mol. The van der Waals surface area contributed by atoms with E-state index in [1.54, 1.807) is 4.90 Å². The molecule has 4 nitrogen and oxygen atoms in total. The van der Waals surface area contributed by atoms with E-state index in [9.17, 15) is 9.90 Å². The molecule has 0 aromatic heterocycles. The number of aliphatic hydroxyl groups is 1. The number of piperazine rings is 1. The zero-order valence-corrected chi connectivity index (χ0v) is 7.23. The molecule has 0 radical (unpaired) electrons. The molecule has 0 unspecified atom stereocenters. The number of hydrogen-bond donors (Lipinski definition) is 1. The summed E-state index contributed by atoms with van der Waals surface area (Å²) in [5.41, 5.74) is 0. The highest BCUT2D eigenvalue weighted by Crippen LogP contribution is 2.22. The fourth-order valence-electron chi connectivity index (χ4n) is 2.03. The second-order valence-corrected chi connectivity index (χ2v) is 3.66.